The Kier molecular flexibility index (Phi) is 9.02. The maximum atomic E-state index is 12.7. The molecule has 0 aliphatic rings. The van der Waals surface area contributed by atoms with E-state index in [-0.39, 0.29) is 12.1 Å². The first kappa shape index (κ1) is 24.2. The highest BCUT2D eigenvalue weighted by molar-refractivity contribution is 9.10. The second-order valence-corrected chi connectivity index (χ2v) is 15.5. The van der Waals surface area contributed by atoms with Gasteiger partial charge in [-0.2, -0.15) is 0 Å². The number of nitrogens with zero attached hydrogens (tertiary/aromatic N) is 3. The van der Waals surface area contributed by atoms with Crippen LogP contribution in [0, 0.1) is 0 Å². The van der Waals surface area contributed by atoms with Crippen molar-refractivity contribution >= 4 is 30.1 Å². The van der Waals surface area contributed by atoms with Crippen molar-refractivity contribution < 1.29 is 14.3 Å². The molecule has 1 unspecified atom stereocenters. The summed E-state index contributed by atoms with van der Waals surface area (Å²) in [6, 6.07) is 0.903. The van der Waals surface area contributed by atoms with Crippen LogP contribution in [0.4, 0.5) is 4.79 Å². The molecule has 156 valence electrons. The Morgan fingerprint density at radius 3 is 2.52 bits per heavy atom. The van der Waals surface area contributed by atoms with Crippen molar-refractivity contribution in [2.45, 2.75) is 85.1 Å². The third kappa shape index (κ3) is 8.79. The first-order chi connectivity index (χ1) is 12.3. The van der Waals surface area contributed by atoms with Gasteiger partial charge in [0.05, 0.1) is 6.04 Å². The number of carbonyl (C=O) groups excluding carboxylic acids is 1. The molecule has 0 aromatic carbocycles. The highest BCUT2D eigenvalue weighted by Crippen LogP contribution is 2.24. The van der Waals surface area contributed by atoms with Crippen LogP contribution in [0.15, 0.2) is 10.8 Å². The van der Waals surface area contributed by atoms with Crippen LogP contribution >= 0.6 is 15.9 Å². The van der Waals surface area contributed by atoms with Gasteiger partial charge in [-0.1, -0.05) is 26.6 Å². The van der Waals surface area contributed by atoms with E-state index >= 15 is 0 Å². The monoisotopic (exact) mass is 461 g/mol. The number of aromatic nitrogens is 2. The zero-order chi connectivity index (χ0) is 20.8. The van der Waals surface area contributed by atoms with Crippen molar-refractivity contribution in [1.29, 1.82) is 0 Å². The van der Waals surface area contributed by atoms with Crippen LogP contribution in [0.1, 0.15) is 52.9 Å². The van der Waals surface area contributed by atoms with E-state index in [4.69, 9.17) is 9.47 Å². The fourth-order valence-corrected chi connectivity index (χ4v) is 3.70. The number of imidazole rings is 1. The standard InChI is InChI=1S/C19H36BrN3O3Si/c1-9-10-23(18(24)26-19(3,4)5)15(2)17-21-16(20)13-22(17)14-25-11-12-27(6,7)8/h13,15H,9-12,14H2,1-8H3. The van der Waals surface area contributed by atoms with E-state index in [1.807, 2.05) is 45.4 Å². The van der Waals surface area contributed by atoms with Crippen molar-refractivity contribution in [2.24, 2.45) is 0 Å². The highest BCUT2D eigenvalue weighted by atomic mass is 79.9. The second kappa shape index (κ2) is 10.1. The molecule has 0 N–H and O–H groups in total. The van der Waals surface area contributed by atoms with Gasteiger partial charge < -0.3 is 14.0 Å². The lowest BCUT2D eigenvalue weighted by atomic mass is 10.2. The summed E-state index contributed by atoms with van der Waals surface area (Å²) >= 11 is 3.45. The average molecular weight is 463 g/mol. The molecule has 0 saturated carbocycles. The topological polar surface area (TPSA) is 56.6 Å². The van der Waals surface area contributed by atoms with E-state index in [1.54, 1.807) is 4.90 Å². The molecule has 0 radical (unpaired) electrons. The molecular weight excluding hydrogens is 426 g/mol. The van der Waals surface area contributed by atoms with Gasteiger partial charge >= 0.3 is 6.09 Å². The van der Waals surface area contributed by atoms with E-state index < -0.39 is 13.7 Å². The molecule has 8 heteroatoms. The molecule has 0 fully saturated rings. The molecule has 0 aliphatic heterocycles. The minimum atomic E-state index is -1.12. The molecule has 27 heavy (non-hydrogen) atoms. The van der Waals surface area contributed by atoms with Crippen LogP contribution in [0.2, 0.25) is 25.7 Å². The molecule has 1 aromatic heterocycles. The first-order valence-corrected chi connectivity index (χ1v) is 14.1. The number of halogens is 1. The zero-order valence-electron chi connectivity index (χ0n) is 18.1. The number of hydrogen-bond acceptors (Lipinski definition) is 4. The van der Waals surface area contributed by atoms with E-state index in [2.05, 4.69) is 40.6 Å². The molecule has 0 aliphatic carbocycles. The highest BCUT2D eigenvalue weighted by Gasteiger charge is 2.29. The Balaban J connectivity index is 2.89. The fourth-order valence-electron chi connectivity index (χ4n) is 2.52. The predicted octanol–water partition coefficient (Wildman–Crippen LogP) is 5.67. The lowest BCUT2D eigenvalue weighted by molar-refractivity contribution is 0.0150. The molecule has 1 heterocycles. The molecule has 0 bridgehead atoms. The smallest absolute Gasteiger partial charge is 0.410 e. The Morgan fingerprint density at radius 1 is 1.37 bits per heavy atom. The van der Waals surface area contributed by atoms with Gasteiger partial charge in [0, 0.05) is 27.4 Å². The Morgan fingerprint density at radius 2 is 2.00 bits per heavy atom. The molecule has 1 atom stereocenters. The molecule has 0 saturated heterocycles. The van der Waals surface area contributed by atoms with Gasteiger partial charge in [-0.3, -0.25) is 4.90 Å². The number of ether oxygens (including phenoxy) is 2. The summed E-state index contributed by atoms with van der Waals surface area (Å²) in [5, 5.41) is 0. The number of amides is 1. The van der Waals surface area contributed by atoms with Crippen molar-refractivity contribution in [1.82, 2.24) is 14.5 Å². The van der Waals surface area contributed by atoms with E-state index in [0.29, 0.717) is 13.3 Å². The maximum absolute atomic E-state index is 12.7. The quantitative estimate of drug-likeness (QED) is 0.351. The summed E-state index contributed by atoms with van der Waals surface area (Å²) < 4.78 is 14.2. The molecule has 0 spiro atoms. The van der Waals surface area contributed by atoms with Crippen molar-refractivity contribution in [2.75, 3.05) is 13.2 Å². The van der Waals surface area contributed by atoms with Crippen LogP contribution < -0.4 is 0 Å². The van der Waals surface area contributed by atoms with E-state index in [1.165, 1.54) is 0 Å². The molecule has 1 rings (SSSR count). The zero-order valence-corrected chi connectivity index (χ0v) is 20.7. The lowest BCUT2D eigenvalue weighted by Crippen LogP contribution is -2.39. The normalized spacial score (nSPS) is 13.5. The molecule has 1 amide bonds. The van der Waals surface area contributed by atoms with Crippen LogP contribution in [0.3, 0.4) is 0 Å². The van der Waals surface area contributed by atoms with Gasteiger partial charge in [-0.15, -0.1) is 0 Å². The van der Waals surface area contributed by atoms with Gasteiger partial charge in [0.25, 0.3) is 0 Å². The predicted molar refractivity (Wildman–Crippen MR) is 116 cm³/mol. The third-order valence-corrected chi connectivity index (χ3v) is 6.02. The summed E-state index contributed by atoms with van der Waals surface area (Å²) in [5.74, 6) is 0.786. The number of rotatable bonds is 9. The molecule has 1 aromatic rings. The van der Waals surface area contributed by atoms with Gasteiger partial charge in [-0.05, 0) is 56.1 Å². The van der Waals surface area contributed by atoms with Crippen molar-refractivity contribution in [3.63, 3.8) is 0 Å². The van der Waals surface area contributed by atoms with Crippen LogP contribution in [-0.4, -0.2) is 47.4 Å². The Bertz CT molecular complexity index is 608. The Labute approximate surface area is 173 Å². The number of carbonyl (C=O) groups is 1. The average Bonchev–Trinajstić information content (AvgIpc) is 2.86. The summed E-state index contributed by atoms with van der Waals surface area (Å²) in [7, 11) is -1.12. The third-order valence-electron chi connectivity index (χ3n) is 3.94. The Hall–Kier alpha value is -0.863. The van der Waals surface area contributed by atoms with Gasteiger partial charge in [0.1, 0.15) is 22.8 Å². The molecular formula is C19H36BrN3O3Si. The summed E-state index contributed by atoms with van der Waals surface area (Å²) in [5.41, 5.74) is -0.529. The number of hydrogen-bond donors (Lipinski definition) is 0. The summed E-state index contributed by atoms with van der Waals surface area (Å²) in [4.78, 5) is 19.0. The minimum Gasteiger partial charge on any atom is -0.444 e. The van der Waals surface area contributed by atoms with Crippen LogP contribution in [0.5, 0.6) is 0 Å². The minimum absolute atomic E-state index is 0.216. The van der Waals surface area contributed by atoms with Gasteiger partial charge in [0.2, 0.25) is 0 Å². The largest absolute Gasteiger partial charge is 0.444 e. The fraction of sp³-hybridized carbons (Fsp3) is 0.789. The SMILES string of the molecule is CCCN(C(=O)OC(C)(C)C)C(C)c1nc(Br)cn1COCC[Si](C)(C)C. The van der Waals surface area contributed by atoms with E-state index in [0.717, 1.165) is 29.5 Å². The van der Waals surface area contributed by atoms with Crippen molar-refractivity contribution in [3.05, 3.63) is 16.6 Å². The van der Waals surface area contributed by atoms with E-state index in [9.17, 15) is 4.79 Å². The second-order valence-electron chi connectivity index (χ2n) is 9.09. The molecule has 6 nitrogen and oxygen atoms in total. The van der Waals surface area contributed by atoms with Crippen LogP contribution in [0.25, 0.3) is 0 Å². The summed E-state index contributed by atoms with van der Waals surface area (Å²) in [6.07, 6.45) is 2.43. The first-order valence-electron chi connectivity index (χ1n) is 9.64. The summed E-state index contributed by atoms with van der Waals surface area (Å²) in [6.45, 7) is 18.4. The van der Waals surface area contributed by atoms with Gasteiger partial charge in [-0.25, -0.2) is 9.78 Å². The maximum Gasteiger partial charge on any atom is 0.410 e. The van der Waals surface area contributed by atoms with Gasteiger partial charge in [0.15, 0.2) is 0 Å². The van der Waals surface area contributed by atoms with Crippen LogP contribution in [-0.2, 0) is 16.2 Å². The van der Waals surface area contributed by atoms with Crippen molar-refractivity contribution in [3.8, 4) is 0 Å². The lowest BCUT2D eigenvalue weighted by Gasteiger charge is -2.31.